The smallest absolute Gasteiger partial charge is 0.252 e. The van der Waals surface area contributed by atoms with Gasteiger partial charge in [-0.25, -0.2) is 0 Å². The molecule has 17 heavy (non-hydrogen) atoms. The summed E-state index contributed by atoms with van der Waals surface area (Å²) >= 11 is 0. The SMILES string of the molecule is NC(=O)c1ccccc1OCC1(O)CCCC1. The fraction of sp³-hybridized carbons (Fsp3) is 0.462. The van der Waals surface area contributed by atoms with Crippen molar-refractivity contribution in [1.29, 1.82) is 0 Å². The molecule has 0 aromatic heterocycles. The number of primary amides is 1. The fourth-order valence-electron chi connectivity index (χ4n) is 2.19. The second-order valence-corrected chi connectivity index (χ2v) is 4.58. The summed E-state index contributed by atoms with van der Waals surface area (Å²) in [5.41, 5.74) is 4.86. The summed E-state index contributed by atoms with van der Waals surface area (Å²) in [6.45, 7) is 0.220. The van der Waals surface area contributed by atoms with E-state index in [4.69, 9.17) is 10.5 Å². The van der Waals surface area contributed by atoms with E-state index in [1.165, 1.54) is 0 Å². The third kappa shape index (κ3) is 2.77. The normalized spacial score (nSPS) is 17.9. The fourth-order valence-corrected chi connectivity index (χ4v) is 2.19. The topological polar surface area (TPSA) is 72.6 Å². The number of carbonyl (C=O) groups excluding carboxylic acids is 1. The summed E-state index contributed by atoms with van der Waals surface area (Å²) < 4.78 is 5.53. The molecule has 4 heteroatoms. The number of carbonyl (C=O) groups is 1. The summed E-state index contributed by atoms with van der Waals surface area (Å²) in [4.78, 5) is 11.2. The molecule has 3 N–H and O–H groups in total. The Balaban J connectivity index is 2.06. The molecule has 0 radical (unpaired) electrons. The number of para-hydroxylation sites is 1. The van der Waals surface area contributed by atoms with Crippen LogP contribution in [-0.4, -0.2) is 23.2 Å². The Labute approximate surface area is 100 Å². The molecule has 2 rings (SSSR count). The monoisotopic (exact) mass is 235 g/mol. The zero-order valence-electron chi connectivity index (χ0n) is 9.69. The van der Waals surface area contributed by atoms with Crippen molar-refractivity contribution in [3.63, 3.8) is 0 Å². The Morgan fingerprint density at radius 2 is 2.00 bits per heavy atom. The zero-order valence-corrected chi connectivity index (χ0v) is 9.69. The number of aliphatic hydroxyl groups is 1. The van der Waals surface area contributed by atoms with Crippen LogP contribution in [0.2, 0.25) is 0 Å². The van der Waals surface area contributed by atoms with Crippen LogP contribution < -0.4 is 10.5 Å². The molecule has 0 atom stereocenters. The van der Waals surface area contributed by atoms with Gasteiger partial charge in [0, 0.05) is 0 Å². The lowest BCUT2D eigenvalue weighted by atomic mass is 10.0. The van der Waals surface area contributed by atoms with Crippen LogP contribution in [0, 0.1) is 0 Å². The minimum Gasteiger partial charge on any atom is -0.490 e. The first-order valence-electron chi connectivity index (χ1n) is 5.85. The lowest BCUT2D eigenvalue weighted by Gasteiger charge is -2.22. The van der Waals surface area contributed by atoms with Crippen LogP contribution in [0.3, 0.4) is 0 Å². The van der Waals surface area contributed by atoms with Crippen LogP contribution in [0.4, 0.5) is 0 Å². The lowest BCUT2D eigenvalue weighted by molar-refractivity contribution is 0.00115. The molecule has 1 fully saturated rings. The van der Waals surface area contributed by atoms with Crippen molar-refractivity contribution in [2.24, 2.45) is 5.73 Å². The van der Waals surface area contributed by atoms with E-state index >= 15 is 0 Å². The van der Waals surface area contributed by atoms with Crippen LogP contribution in [-0.2, 0) is 0 Å². The molecule has 0 heterocycles. The summed E-state index contributed by atoms with van der Waals surface area (Å²) in [5.74, 6) is -0.0701. The maximum Gasteiger partial charge on any atom is 0.252 e. The molecule has 1 aromatic rings. The number of hydrogen-bond donors (Lipinski definition) is 2. The van der Waals surface area contributed by atoms with Gasteiger partial charge in [0.25, 0.3) is 5.91 Å². The molecule has 1 aliphatic rings. The molecule has 0 saturated heterocycles. The van der Waals surface area contributed by atoms with E-state index in [1.807, 2.05) is 0 Å². The molecule has 0 spiro atoms. The van der Waals surface area contributed by atoms with E-state index in [0.717, 1.165) is 25.7 Å². The van der Waals surface area contributed by atoms with Crippen molar-refractivity contribution in [2.45, 2.75) is 31.3 Å². The van der Waals surface area contributed by atoms with E-state index in [-0.39, 0.29) is 6.61 Å². The predicted molar refractivity (Wildman–Crippen MR) is 63.9 cm³/mol. The number of rotatable bonds is 4. The summed E-state index contributed by atoms with van der Waals surface area (Å²) in [7, 11) is 0. The summed E-state index contributed by atoms with van der Waals surface area (Å²) in [6, 6.07) is 6.83. The van der Waals surface area contributed by atoms with Gasteiger partial charge in [0.2, 0.25) is 0 Å². The van der Waals surface area contributed by atoms with E-state index < -0.39 is 11.5 Å². The van der Waals surface area contributed by atoms with Gasteiger partial charge in [0.15, 0.2) is 0 Å². The number of ether oxygens (including phenoxy) is 1. The number of nitrogens with two attached hydrogens (primary N) is 1. The number of benzene rings is 1. The van der Waals surface area contributed by atoms with E-state index in [9.17, 15) is 9.90 Å². The second kappa shape index (κ2) is 4.75. The highest BCUT2D eigenvalue weighted by atomic mass is 16.5. The van der Waals surface area contributed by atoms with Gasteiger partial charge in [-0.2, -0.15) is 0 Å². The predicted octanol–water partition coefficient (Wildman–Crippen LogP) is 1.47. The second-order valence-electron chi connectivity index (χ2n) is 4.58. The standard InChI is InChI=1S/C13H17NO3/c14-12(15)10-5-1-2-6-11(10)17-9-13(16)7-3-4-8-13/h1-2,5-6,16H,3-4,7-9H2,(H2,14,15). The molecule has 1 aromatic carbocycles. The molecule has 1 saturated carbocycles. The number of amides is 1. The first-order chi connectivity index (χ1) is 8.11. The molecule has 4 nitrogen and oxygen atoms in total. The Bertz CT molecular complexity index is 411. The highest BCUT2D eigenvalue weighted by Gasteiger charge is 2.32. The quantitative estimate of drug-likeness (QED) is 0.830. The maximum absolute atomic E-state index is 11.2. The highest BCUT2D eigenvalue weighted by Crippen LogP contribution is 2.30. The molecule has 0 bridgehead atoms. The van der Waals surface area contributed by atoms with Crippen molar-refractivity contribution in [3.05, 3.63) is 29.8 Å². The van der Waals surface area contributed by atoms with Gasteiger partial charge in [0.1, 0.15) is 12.4 Å². The van der Waals surface area contributed by atoms with Crippen molar-refractivity contribution in [3.8, 4) is 5.75 Å². The van der Waals surface area contributed by atoms with Crippen molar-refractivity contribution in [2.75, 3.05) is 6.61 Å². The largest absolute Gasteiger partial charge is 0.490 e. The van der Waals surface area contributed by atoms with Crippen LogP contribution in [0.5, 0.6) is 5.75 Å². The molecule has 0 unspecified atom stereocenters. The van der Waals surface area contributed by atoms with Crippen LogP contribution in [0.25, 0.3) is 0 Å². The van der Waals surface area contributed by atoms with Crippen LogP contribution in [0.1, 0.15) is 36.0 Å². The first-order valence-corrected chi connectivity index (χ1v) is 5.85. The Morgan fingerprint density at radius 1 is 1.35 bits per heavy atom. The van der Waals surface area contributed by atoms with Crippen LogP contribution in [0.15, 0.2) is 24.3 Å². The van der Waals surface area contributed by atoms with Gasteiger partial charge in [-0.15, -0.1) is 0 Å². The summed E-state index contributed by atoms with van der Waals surface area (Å²) in [5, 5.41) is 10.1. The lowest BCUT2D eigenvalue weighted by Crippen LogP contribution is -2.32. The molecular formula is C13H17NO3. The average Bonchev–Trinajstić information content (AvgIpc) is 2.74. The van der Waals surface area contributed by atoms with Gasteiger partial charge in [-0.3, -0.25) is 4.79 Å². The van der Waals surface area contributed by atoms with Crippen LogP contribution >= 0.6 is 0 Å². The summed E-state index contributed by atoms with van der Waals surface area (Å²) in [6.07, 6.45) is 3.56. The van der Waals surface area contributed by atoms with E-state index in [1.54, 1.807) is 24.3 Å². The van der Waals surface area contributed by atoms with Crippen molar-refractivity contribution in [1.82, 2.24) is 0 Å². The van der Waals surface area contributed by atoms with Gasteiger partial charge < -0.3 is 15.6 Å². The third-order valence-electron chi connectivity index (χ3n) is 3.18. The van der Waals surface area contributed by atoms with Gasteiger partial charge in [-0.1, -0.05) is 25.0 Å². The average molecular weight is 235 g/mol. The van der Waals surface area contributed by atoms with E-state index in [0.29, 0.717) is 11.3 Å². The maximum atomic E-state index is 11.2. The minimum atomic E-state index is -0.745. The molecule has 92 valence electrons. The van der Waals surface area contributed by atoms with E-state index in [2.05, 4.69) is 0 Å². The van der Waals surface area contributed by atoms with Gasteiger partial charge >= 0.3 is 0 Å². The Hall–Kier alpha value is -1.55. The molecule has 1 amide bonds. The van der Waals surface area contributed by atoms with Gasteiger partial charge in [0.05, 0.1) is 11.2 Å². The molecule has 1 aliphatic carbocycles. The Kier molecular flexibility index (Phi) is 3.33. The zero-order chi connectivity index (χ0) is 12.3. The third-order valence-corrected chi connectivity index (χ3v) is 3.18. The van der Waals surface area contributed by atoms with Gasteiger partial charge in [-0.05, 0) is 25.0 Å². The molecular weight excluding hydrogens is 218 g/mol. The van der Waals surface area contributed by atoms with Crippen molar-refractivity contribution >= 4 is 5.91 Å². The number of hydrogen-bond acceptors (Lipinski definition) is 3. The Morgan fingerprint density at radius 3 is 2.65 bits per heavy atom. The van der Waals surface area contributed by atoms with Crippen molar-refractivity contribution < 1.29 is 14.6 Å². The highest BCUT2D eigenvalue weighted by molar-refractivity contribution is 5.95. The minimum absolute atomic E-state index is 0.220. The first kappa shape index (κ1) is 11.9. The molecule has 0 aliphatic heterocycles.